The van der Waals surface area contributed by atoms with Gasteiger partial charge in [-0.15, -0.1) is 0 Å². The molecule has 0 spiro atoms. The van der Waals surface area contributed by atoms with Gasteiger partial charge in [-0.2, -0.15) is 0 Å². The number of rotatable bonds is 84. The highest BCUT2D eigenvalue weighted by molar-refractivity contribution is 7.48. The number of likely N-dealkylation sites (N-methyl/N-ethyl adjacent to an activating group) is 2. The number of unbranched alkanes of at least 4 members (excludes halogenated alkanes) is 50. The van der Waals surface area contributed by atoms with E-state index in [1.807, 2.05) is 0 Å². The van der Waals surface area contributed by atoms with Crippen LogP contribution < -0.4 is 10.6 Å². The number of hydrogen-bond donors (Lipinski definition) is 2. The maximum Gasteiger partial charge on any atom is 0.474 e. The van der Waals surface area contributed by atoms with E-state index in [4.69, 9.17) is 46.1 Å². The van der Waals surface area contributed by atoms with Crippen molar-refractivity contribution in [2.45, 2.75) is 425 Å². The van der Waals surface area contributed by atoms with Crippen molar-refractivity contribution in [3.8, 4) is 0 Å². The van der Waals surface area contributed by atoms with Crippen molar-refractivity contribution in [2.75, 3.05) is 81.0 Å². The second kappa shape index (κ2) is 84.9. The Balaban J connectivity index is 0. The summed E-state index contributed by atoms with van der Waals surface area (Å²) in [6.07, 6.45) is 77.2. The molecule has 0 heterocycles. The average Bonchev–Trinajstić information content (AvgIpc) is 0.900. The predicted octanol–water partition coefficient (Wildman–Crippen LogP) is 25.5. The van der Waals surface area contributed by atoms with Crippen LogP contribution in [0, 0.1) is 0 Å². The fourth-order valence-corrected chi connectivity index (χ4v) is 14.3. The van der Waals surface area contributed by atoms with Crippen LogP contribution in [0.25, 0.3) is 0 Å². The number of ether oxygens (including phenoxy) is 4. The van der Waals surface area contributed by atoms with Crippen LogP contribution >= 0.6 is 15.6 Å². The molecular formula is C86H168N2O16P2. The zero-order valence-electron chi connectivity index (χ0n) is 70.0. The number of carbonyl (C=O) groups is 4. The first-order chi connectivity index (χ1) is 51.8. The highest BCUT2D eigenvalue weighted by atomic mass is 31.2. The molecule has 0 amide bonds. The Hall–Kier alpha value is -2.50. The Morgan fingerprint density at radius 1 is 0.283 bits per heavy atom. The van der Waals surface area contributed by atoms with Crippen molar-refractivity contribution in [1.29, 1.82) is 0 Å². The molecule has 0 saturated heterocycles. The van der Waals surface area contributed by atoms with Gasteiger partial charge in [0.15, 0.2) is 12.2 Å². The van der Waals surface area contributed by atoms with E-state index in [0.29, 0.717) is 25.9 Å². The summed E-state index contributed by atoms with van der Waals surface area (Å²) in [5.74, 6) is -1.45. The van der Waals surface area contributed by atoms with E-state index >= 15 is 0 Å². The van der Waals surface area contributed by atoms with Gasteiger partial charge in [-0.1, -0.05) is 335 Å². The molecule has 2 N–H and O–H groups in total. The summed E-state index contributed by atoms with van der Waals surface area (Å²) in [6.45, 7) is 9.32. The number of hydrogen-bond acceptors (Lipinski definition) is 18. The van der Waals surface area contributed by atoms with Crippen molar-refractivity contribution in [2.24, 2.45) is 0 Å². The molecule has 0 rings (SSSR count). The van der Waals surface area contributed by atoms with Crippen LogP contribution in [-0.2, 0) is 74.4 Å². The van der Waals surface area contributed by atoms with Crippen LogP contribution in [0.1, 0.15) is 413 Å². The highest BCUT2D eigenvalue weighted by Crippen LogP contribution is 2.49. The van der Waals surface area contributed by atoms with Gasteiger partial charge in [0, 0.05) is 53.0 Å². The summed E-state index contributed by atoms with van der Waals surface area (Å²) in [5, 5.41) is 5.81. The average molecular weight is 1550 g/mol. The standard InChI is InChI=1S/C43H86NO8P.C43H82NO8P/c2*1-5-7-9-11-13-15-17-19-21-23-25-27-29-31-33-35-42(45)49-39-41(40-51-53(47,48-4)50-38-37-44-3)52-43(46)36-34-32-30-28-26-24-22-20-18-16-14-12-10-8-6-2/h41,44H,5-40H2,1-4H3;19-22,41,44H,5-18,23-40H2,1-4H3/b;21-19-,22-20-. The molecule has 0 fully saturated rings. The molecule has 4 atom stereocenters. The van der Waals surface area contributed by atoms with E-state index < -0.39 is 33.8 Å². The van der Waals surface area contributed by atoms with Crippen LogP contribution in [0.2, 0.25) is 0 Å². The number of phosphoric ester groups is 2. The molecule has 0 aliphatic carbocycles. The minimum atomic E-state index is -3.86. The lowest BCUT2D eigenvalue weighted by Gasteiger charge is -2.21. The molecule has 628 valence electrons. The van der Waals surface area contributed by atoms with Crippen LogP contribution in [0.3, 0.4) is 0 Å². The lowest BCUT2D eigenvalue weighted by molar-refractivity contribution is -0.161. The minimum Gasteiger partial charge on any atom is -0.462 e. The molecule has 4 unspecified atom stereocenters. The molecule has 0 aliphatic heterocycles. The van der Waals surface area contributed by atoms with Gasteiger partial charge in [0.1, 0.15) is 13.2 Å². The SMILES string of the molecule is CCCCCCCC/C=C\CCCCCCCC(=O)OCC(COP(=O)(OC)OCCNC)OC(=O)CCCCCCC/C=C\CCCCCCCC.CCCCCCCCCCCCCCCCCC(=O)OCC(COP(=O)(OC)OCCNC)OC(=O)CCCCCCCCCCCCCCCCC. The van der Waals surface area contributed by atoms with E-state index in [9.17, 15) is 28.3 Å². The smallest absolute Gasteiger partial charge is 0.462 e. The van der Waals surface area contributed by atoms with E-state index in [2.05, 4.69) is 62.6 Å². The van der Waals surface area contributed by atoms with Crippen molar-refractivity contribution in [3.05, 3.63) is 24.3 Å². The first-order valence-corrected chi connectivity index (χ1v) is 46.9. The van der Waals surface area contributed by atoms with Crippen molar-refractivity contribution in [3.63, 3.8) is 0 Å². The minimum absolute atomic E-state index is 0.118. The Bertz CT molecular complexity index is 2050. The number of carbonyl (C=O) groups excluding carboxylic acids is 4. The summed E-state index contributed by atoms with van der Waals surface area (Å²) in [5.41, 5.74) is 0. The quantitative estimate of drug-likeness (QED) is 0.0190. The Morgan fingerprint density at radius 2 is 0.491 bits per heavy atom. The lowest BCUT2D eigenvalue weighted by Crippen LogP contribution is -2.29. The third kappa shape index (κ3) is 79.6. The van der Waals surface area contributed by atoms with Gasteiger partial charge in [0.2, 0.25) is 0 Å². The number of esters is 4. The predicted molar refractivity (Wildman–Crippen MR) is 441 cm³/mol. The van der Waals surface area contributed by atoms with Crippen molar-refractivity contribution < 1.29 is 74.4 Å². The van der Waals surface area contributed by atoms with Gasteiger partial charge in [0.05, 0.1) is 26.4 Å². The van der Waals surface area contributed by atoms with Crippen LogP contribution in [0.15, 0.2) is 24.3 Å². The first kappa shape index (κ1) is 106. The van der Waals surface area contributed by atoms with Crippen LogP contribution in [0.5, 0.6) is 0 Å². The number of nitrogens with one attached hydrogen (secondary N) is 2. The normalized spacial score (nSPS) is 13.4. The third-order valence-corrected chi connectivity index (χ3v) is 22.0. The molecule has 18 nitrogen and oxygen atoms in total. The second-order valence-corrected chi connectivity index (χ2v) is 32.9. The number of allylic oxidation sites excluding steroid dienone is 4. The summed E-state index contributed by atoms with van der Waals surface area (Å²) >= 11 is 0. The zero-order valence-corrected chi connectivity index (χ0v) is 71.8. The van der Waals surface area contributed by atoms with Gasteiger partial charge in [-0.3, -0.25) is 46.3 Å². The Labute approximate surface area is 651 Å². The number of phosphoric acid groups is 2. The molecule has 0 radical (unpaired) electrons. The van der Waals surface area contributed by atoms with E-state index in [0.717, 1.165) is 109 Å². The van der Waals surface area contributed by atoms with Gasteiger partial charge in [-0.25, -0.2) is 9.13 Å². The molecule has 0 aromatic heterocycles. The molecule has 20 heteroatoms. The summed E-state index contributed by atoms with van der Waals surface area (Å²) < 4.78 is 79.3. The third-order valence-electron chi connectivity index (χ3n) is 19.2. The van der Waals surface area contributed by atoms with Gasteiger partial charge in [-0.05, 0) is 91.1 Å². The largest absolute Gasteiger partial charge is 0.474 e. The van der Waals surface area contributed by atoms with Crippen LogP contribution in [0.4, 0.5) is 0 Å². The fraction of sp³-hybridized carbons (Fsp3) is 0.907. The summed E-state index contributed by atoms with van der Waals surface area (Å²) in [6, 6.07) is 0. The molecule has 0 saturated carbocycles. The summed E-state index contributed by atoms with van der Waals surface area (Å²) in [7, 11) is -1.72. The Morgan fingerprint density at radius 3 is 0.708 bits per heavy atom. The highest BCUT2D eigenvalue weighted by Gasteiger charge is 2.30. The summed E-state index contributed by atoms with van der Waals surface area (Å²) in [4.78, 5) is 50.4. The first-order valence-electron chi connectivity index (χ1n) is 44.0. The van der Waals surface area contributed by atoms with Gasteiger partial charge in [0.25, 0.3) is 0 Å². The van der Waals surface area contributed by atoms with Crippen LogP contribution in [-0.4, -0.2) is 117 Å². The van der Waals surface area contributed by atoms with Crippen molar-refractivity contribution in [1.82, 2.24) is 10.6 Å². The fourth-order valence-electron chi connectivity index (χ4n) is 12.4. The molecule has 0 aliphatic rings. The molecule has 0 bridgehead atoms. The van der Waals surface area contributed by atoms with Gasteiger partial charge >= 0.3 is 39.5 Å². The van der Waals surface area contributed by atoms with Gasteiger partial charge < -0.3 is 29.6 Å². The monoisotopic (exact) mass is 1550 g/mol. The molecule has 106 heavy (non-hydrogen) atoms. The zero-order chi connectivity index (χ0) is 77.9. The van der Waals surface area contributed by atoms with Crippen molar-refractivity contribution >= 4 is 39.5 Å². The maximum atomic E-state index is 12.8. The molecule has 0 aromatic rings. The topological polar surface area (TPSA) is 219 Å². The van der Waals surface area contributed by atoms with E-state index in [1.54, 1.807) is 14.1 Å². The van der Waals surface area contributed by atoms with E-state index in [1.165, 1.54) is 265 Å². The maximum absolute atomic E-state index is 12.8. The Kier molecular flexibility index (Phi) is 84.6. The van der Waals surface area contributed by atoms with E-state index in [-0.39, 0.29) is 70.4 Å². The lowest BCUT2D eigenvalue weighted by atomic mass is 10.0. The molecule has 0 aromatic carbocycles. The second-order valence-electron chi connectivity index (χ2n) is 29.4. The molecular weight excluding hydrogens is 1380 g/mol.